The van der Waals surface area contributed by atoms with E-state index in [1.165, 1.54) is 0 Å². The van der Waals surface area contributed by atoms with Gasteiger partial charge in [0.25, 0.3) is 5.91 Å². The Labute approximate surface area is 130 Å². The van der Waals surface area contributed by atoms with E-state index in [2.05, 4.69) is 44.1 Å². The summed E-state index contributed by atoms with van der Waals surface area (Å²) < 4.78 is 7.06. The van der Waals surface area contributed by atoms with Gasteiger partial charge in [-0.05, 0) is 59.8 Å². The van der Waals surface area contributed by atoms with Gasteiger partial charge in [0.2, 0.25) is 0 Å². The molecule has 1 fully saturated rings. The van der Waals surface area contributed by atoms with Crippen LogP contribution < -0.4 is 5.32 Å². The first-order chi connectivity index (χ1) is 9.08. The molecule has 0 radical (unpaired) electrons. The average Bonchev–Trinajstić information content (AvgIpc) is 2.42. The lowest BCUT2D eigenvalue weighted by Crippen LogP contribution is -2.40. The standard InChI is InChI=1S/C14H17Br2NO2/c1-9(10-4-6-19-7-5-10)17-14(18)12-8-11(15)2-3-13(12)16/h2-3,8-10H,4-7H2,1H3,(H,17,18). The smallest absolute Gasteiger partial charge is 0.252 e. The first-order valence-corrected chi connectivity index (χ1v) is 8.00. The van der Waals surface area contributed by atoms with E-state index in [1.54, 1.807) is 0 Å². The van der Waals surface area contributed by atoms with Crippen LogP contribution in [-0.4, -0.2) is 25.2 Å². The number of benzene rings is 1. The molecule has 2 rings (SSSR count). The lowest BCUT2D eigenvalue weighted by molar-refractivity contribution is 0.0538. The highest BCUT2D eigenvalue weighted by atomic mass is 79.9. The minimum atomic E-state index is -0.0350. The zero-order chi connectivity index (χ0) is 13.8. The summed E-state index contributed by atoms with van der Waals surface area (Å²) in [4.78, 5) is 12.3. The number of nitrogens with one attached hydrogen (secondary N) is 1. The maximum Gasteiger partial charge on any atom is 0.252 e. The molecule has 1 aromatic rings. The highest BCUT2D eigenvalue weighted by Gasteiger charge is 2.22. The van der Waals surface area contributed by atoms with Crippen molar-refractivity contribution in [3.63, 3.8) is 0 Å². The van der Waals surface area contributed by atoms with Crippen molar-refractivity contribution in [1.82, 2.24) is 5.32 Å². The Morgan fingerprint density at radius 3 is 2.74 bits per heavy atom. The number of ether oxygens (including phenoxy) is 1. The molecule has 0 aromatic heterocycles. The summed E-state index contributed by atoms with van der Waals surface area (Å²) in [6, 6.07) is 5.78. The molecule has 0 spiro atoms. The second-order valence-corrected chi connectivity index (χ2v) is 6.61. The van der Waals surface area contributed by atoms with Crippen LogP contribution in [0.1, 0.15) is 30.1 Å². The van der Waals surface area contributed by atoms with Gasteiger partial charge in [-0.2, -0.15) is 0 Å². The first kappa shape index (κ1) is 15.0. The second kappa shape index (κ2) is 6.86. The number of carbonyl (C=O) groups is 1. The number of halogens is 2. The van der Waals surface area contributed by atoms with E-state index in [0.29, 0.717) is 11.5 Å². The van der Waals surface area contributed by atoms with E-state index in [0.717, 1.165) is 35.0 Å². The molecule has 104 valence electrons. The Balaban J connectivity index is 2.01. The highest BCUT2D eigenvalue weighted by Crippen LogP contribution is 2.23. The van der Waals surface area contributed by atoms with Gasteiger partial charge in [-0.25, -0.2) is 0 Å². The fourth-order valence-corrected chi connectivity index (χ4v) is 3.08. The average molecular weight is 391 g/mol. The SMILES string of the molecule is CC(NC(=O)c1cc(Br)ccc1Br)C1CCOCC1. The van der Waals surface area contributed by atoms with Crippen LogP contribution in [0.15, 0.2) is 27.1 Å². The zero-order valence-corrected chi connectivity index (χ0v) is 14.0. The molecule has 1 aliphatic heterocycles. The molecule has 1 aliphatic rings. The van der Waals surface area contributed by atoms with Crippen LogP contribution in [0.5, 0.6) is 0 Å². The van der Waals surface area contributed by atoms with Crippen molar-refractivity contribution in [2.45, 2.75) is 25.8 Å². The number of hydrogen-bond donors (Lipinski definition) is 1. The van der Waals surface area contributed by atoms with Crippen molar-refractivity contribution in [2.24, 2.45) is 5.92 Å². The molecule has 1 unspecified atom stereocenters. The number of rotatable bonds is 3. The van der Waals surface area contributed by atoms with Crippen molar-refractivity contribution in [2.75, 3.05) is 13.2 Å². The Bertz CT molecular complexity index is 459. The zero-order valence-electron chi connectivity index (χ0n) is 10.8. The van der Waals surface area contributed by atoms with Crippen LogP contribution in [0.25, 0.3) is 0 Å². The largest absolute Gasteiger partial charge is 0.381 e. The molecular formula is C14H17Br2NO2. The van der Waals surface area contributed by atoms with Gasteiger partial charge in [-0.15, -0.1) is 0 Å². The predicted molar refractivity (Wildman–Crippen MR) is 82.3 cm³/mol. The van der Waals surface area contributed by atoms with E-state index in [4.69, 9.17) is 4.74 Å². The molecule has 1 amide bonds. The predicted octanol–water partition coefficient (Wildman–Crippen LogP) is 3.76. The van der Waals surface area contributed by atoms with Crippen LogP contribution in [0, 0.1) is 5.92 Å². The fourth-order valence-electron chi connectivity index (χ4n) is 2.29. The normalized spacial score (nSPS) is 18.1. The Kier molecular flexibility index (Phi) is 5.42. The van der Waals surface area contributed by atoms with Crippen molar-refractivity contribution >= 4 is 37.8 Å². The first-order valence-electron chi connectivity index (χ1n) is 6.41. The number of carbonyl (C=O) groups excluding carboxylic acids is 1. The van der Waals surface area contributed by atoms with Crippen LogP contribution in [0.3, 0.4) is 0 Å². The highest BCUT2D eigenvalue weighted by molar-refractivity contribution is 9.11. The topological polar surface area (TPSA) is 38.3 Å². The van der Waals surface area contributed by atoms with E-state index in [9.17, 15) is 4.79 Å². The number of amides is 1. The maximum absolute atomic E-state index is 12.3. The maximum atomic E-state index is 12.3. The monoisotopic (exact) mass is 389 g/mol. The summed E-state index contributed by atoms with van der Waals surface area (Å²) in [5.41, 5.74) is 0.660. The summed E-state index contributed by atoms with van der Waals surface area (Å²) in [5, 5.41) is 3.09. The van der Waals surface area contributed by atoms with Gasteiger partial charge in [0.1, 0.15) is 0 Å². The van der Waals surface area contributed by atoms with Crippen molar-refractivity contribution in [1.29, 1.82) is 0 Å². The minimum Gasteiger partial charge on any atom is -0.381 e. The van der Waals surface area contributed by atoms with Crippen molar-refractivity contribution < 1.29 is 9.53 Å². The Morgan fingerprint density at radius 1 is 1.37 bits per heavy atom. The summed E-state index contributed by atoms with van der Waals surface area (Å²) >= 11 is 6.81. The lowest BCUT2D eigenvalue weighted by Gasteiger charge is -2.28. The van der Waals surface area contributed by atoms with Crippen molar-refractivity contribution in [3.8, 4) is 0 Å². The molecule has 1 saturated heterocycles. The summed E-state index contributed by atoms with van der Waals surface area (Å²) in [6.07, 6.45) is 2.03. The second-order valence-electron chi connectivity index (χ2n) is 4.84. The van der Waals surface area contributed by atoms with Gasteiger partial charge >= 0.3 is 0 Å². The van der Waals surface area contributed by atoms with Gasteiger partial charge in [0, 0.05) is 28.2 Å². The lowest BCUT2D eigenvalue weighted by atomic mass is 9.93. The molecule has 5 heteroatoms. The molecule has 3 nitrogen and oxygen atoms in total. The summed E-state index contributed by atoms with van der Waals surface area (Å²) in [5.74, 6) is 0.468. The quantitative estimate of drug-likeness (QED) is 0.853. The van der Waals surface area contributed by atoms with E-state index < -0.39 is 0 Å². The third-order valence-corrected chi connectivity index (χ3v) is 4.69. The van der Waals surface area contributed by atoms with E-state index >= 15 is 0 Å². The van der Waals surface area contributed by atoms with Gasteiger partial charge in [0.15, 0.2) is 0 Å². The van der Waals surface area contributed by atoms with Crippen LogP contribution in [-0.2, 0) is 4.74 Å². The molecule has 0 bridgehead atoms. The Hall–Kier alpha value is -0.390. The number of hydrogen-bond acceptors (Lipinski definition) is 2. The van der Waals surface area contributed by atoms with Gasteiger partial charge in [-0.1, -0.05) is 15.9 Å². The third kappa shape index (κ3) is 4.04. The minimum absolute atomic E-state index is 0.0350. The van der Waals surface area contributed by atoms with Gasteiger partial charge in [-0.3, -0.25) is 4.79 Å². The molecule has 0 aliphatic carbocycles. The Morgan fingerprint density at radius 2 is 2.05 bits per heavy atom. The van der Waals surface area contributed by atoms with Crippen LogP contribution >= 0.6 is 31.9 Å². The van der Waals surface area contributed by atoms with Crippen LogP contribution in [0.2, 0.25) is 0 Å². The molecule has 1 N–H and O–H groups in total. The summed E-state index contributed by atoms with van der Waals surface area (Å²) in [7, 11) is 0. The van der Waals surface area contributed by atoms with Crippen molar-refractivity contribution in [3.05, 3.63) is 32.7 Å². The third-order valence-electron chi connectivity index (χ3n) is 3.50. The van der Waals surface area contributed by atoms with E-state index in [1.807, 2.05) is 18.2 Å². The van der Waals surface area contributed by atoms with Gasteiger partial charge in [0.05, 0.1) is 5.56 Å². The molecule has 1 heterocycles. The molecule has 1 atom stereocenters. The van der Waals surface area contributed by atoms with E-state index in [-0.39, 0.29) is 11.9 Å². The summed E-state index contributed by atoms with van der Waals surface area (Å²) in [6.45, 7) is 3.66. The van der Waals surface area contributed by atoms with Crippen LogP contribution in [0.4, 0.5) is 0 Å². The molecule has 19 heavy (non-hydrogen) atoms. The molecule has 0 saturated carbocycles. The fraction of sp³-hybridized carbons (Fsp3) is 0.500. The molecular weight excluding hydrogens is 374 g/mol. The molecule has 1 aromatic carbocycles. The van der Waals surface area contributed by atoms with Gasteiger partial charge < -0.3 is 10.1 Å².